The Bertz CT molecular complexity index is 1170. The molecule has 1 N–H and O–H groups in total. The first-order chi connectivity index (χ1) is 15.2. The zero-order chi connectivity index (χ0) is 23.0. The van der Waals surface area contributed by atoms with Crippen LogP contribution in [0.3, 0.4) is 0 Å². The van der Waals surface area contributed by atoms with Crippen LogP contribution in [0.5, 0.6) is 5.88 Å². The summed E-state index contributed by atoms with van der Waals surface area (Å²) in [4.78, 5) is 8.86. The molecule has 10 heteroatoms. The summed E-state index contributed by atoms with van der Waals surface area (Å²) in [5, 5.41) is 17.3. The van der Waals surface area contributed by atoms with Crippen LogP contribution in [-0.2, 0) is 16.4 Å². The van der Waals surface area contributed by atoms with E-state index in [9.17, 15) is 5.26 Å². The van der Waals surface area contributed by atoms with E-state index in [0.29, 0.717) is 35.6 Å². The molecule has 3 aromatic rings. The van der Waals surface area contributed by atoms with E-state index in [1.165, 1.54) is 6.20 Å². The summed E-state index contributed by atoms with van der Waals surface area (Å²) in [7, 11) is 1.59. The first-order valence-corrected chi connectivity index (χ1v) is 9.13. The highest BCUT2D eigenvalue weighted by Crippen LogP contribution is 2.29. The van der Waals surface area contributed by atoms with Gasteiger partial charge in [0.1, 0.15) is 29.2 Å². The first kappa shape index (κ1) is 15.7. The molecule has 0 bridgehead atoms. The van der Waals surface area contributed by atoms with Gasteiger partial charge in [-0.25, -0.2) is 4.98 Å². The van der Waals surface area contributed by atoms with Crippen molar-refractivity contribution in [3.8, 4) is 11.9 Å². The first-order valence-electron chi connectivity index (χ1n) is 10.6. The third kappa shape index (κ3) is 3.62. The second kappa shape index (κ2) is 7.69. The zero-order valence-corrected chi connectivity index (χ0v) is 16.3. The lowest BCUT2D eigenvalue weighted by Gasteiger charge is -2.33. The van der Waals surface area contributed by atoms with E-state index in [1.54, 1.807) is 23.9 Å². The molecule has 4 heterocycles. The van der Waals surface area contributed by atoms with Crippen molar-refractivity contribution in [1.82, 2.24) is 24.3 Å². The Labute approximate surface area is 172 Å². The van der Waals surface area contributed by atoms with Crippen molar-refractivity contribution in [3.05, 3.63) is 24.2 Å². The Morgan fingerprint density at radius 3 is 3.07 bits per heavy atom. The molecule has 0 spiro atoms. The molecule has 10 nitrogen and oxygen atoms in total. The molecule has 0 unspecified atom stereocenters. The normalized spacial score (nSPS) is 21.5. The number of aryl methyl sites for hydroxylation is 1. The van der Waals surface area contributed by atoms with Crippen LogP contribution in [0, 0.1) is 11.3 Å². The van der Waals surface area contributed by atoms with E-state index in [1.807, 2.05) is 13.8 Å². The second-order valence-corrected chi connectivity index (χ2v) is 6.90. The molecule has 0 saturated carbocycles. The fourth-order valence-electron chi connectivity index (χ4n) is 3.21. The fourth-order valence-corrected chi connectivity index (χ4v) is 3.21. The Balaban J connectivity index is 1.70. The van der Waals surface area contributed by atoms with Crippen LogP contribution in [0.15, 0.2) is 18.5 Å². The minimum atomic E-state index is -2.48. The number of fused-ring (bicyclic) bond motifs is 1. The summed E-state index contributed by atoms with van der Waals surface area (Å²) in [5.41, 5.74) is 1.30. The summed E-state index contributed by atoms with van der Waals surface area (Å²) in [6.45, 7) is 2.10. The molecule has 3 atom stereocenters. The second-order valence-electron chi connectivity index (χ2n) is 6.90. The molecule has 3 aromatic heterocycles. The van der Waals surface area contributed by atoms with Gasteiger partial charge in [-0.15, -0.1) is 5.10 Å². The highest BCUT2D eigenvalue weighted by atomic mass is 16.6. The molecular weight excluding hydrogens is 374 g/mol. The predicted molar refractivity (Wildman–Crippen MR) is 105 cm³/mol. The minimum absolute atomic E-state index is 0.116. The molecule has 1 fully saturated rings. The SMILES string of the molecule is [2H]C([2H])([2H])n1cc(Nc2ncc3cc(C#N)n([C@@H](C)COC)c3n2)c(O[C@H]2CO[C@@H]2C)n1. The summed E-state index contributed by atoms with van der Waals surface area (Å²) in [6, 6.07) is 3.75. The van der Waals surface area contributed by atoms with Crippen LogP contribution >= 0.6 is 0 Å². The number of hydrogen-bond acceptors (Lipinski definition) is 8. The molecule has 4 rings (SSSR count). The monoisotopic (exact) mass is 400 g/mol. The maximum Gasteiger partial charge on any atom is 0.257 e. The molecule has 29 heavy (non-hydrogen) atoms. The third-order valence-corrected chi connectivity index (χ3v) is 4.78. The van der Waals surface area contributed by atoms with Crippen molar-refractivity contribution in [2.45, 2.75) is 32.1 Å². The van der Waals surface area contributed by atoms with Gasteiger partial charge < -0.3 is 24.1 Å². The summed E-state index contributed by atoms with van der Waals surface area (Å²) in [5.74, 6) is 0.324. The molecule has 0 amide bonds. The van der Waals surface area contributed by atoms with Crippen LogP contribution in [0.4, 0.5) is 11.6 Å². The Hall–Kier alpha value is -3.16. The lowest BCUT2D eigenvalue weighted by Crippen LogP contribution is -2.46. The van der Waals surface area contributed by atoms with E-state index >= 15 is 0 Å². The minimum Gasteiger partial charge on any atom is -0.467 e. The van der Waals surface area contributed by atoms with Crippen molar-refractivity contribution in [3.63, 3.8) is 0 Å². The maximum atomic E-state index is 9.52. The van der Waals surface area contributed by atoms with E-state index in [-0.39, 0.29) is 30.1 Å². The molecule has 0 radical (unpaired) electrons. The summed E-state index contributed by atoms with van der Waals surface area (Å²) >= 11 is 0. The van der Waals surface area contributed by atoms with Gasteiger partial charge in [0, 0.05) is 29.8 Å². The van der Waals surface area contributed by atoms with Gasteiger partial charge in [-0.2, -0.15) is 10.2 Å². The average molecular weight is 400 g/mol. The van der Waals surface area contributed by atoms with E-state index in [0.717, 1.165) is 4.68 Å². The maximum absolute atomic E-state index is 9.52. The quantitative estimate of drug-likeness (QED) is 0.642. The van der Waals surface area contributed by atoms with Gasteiger partial charge in [0.25, 0.3) is 5.88 Å². The predicted octanol–water partition coefficient (Wildman–Crippen LogP) is 2.15. The van der Waals surface area contributed by atoms with Crippen LogP contribution < -0.4 is 10.1 Å². The average Bonchev–Trinajstić information content (AvgIpc) is 3.31. The van der Waals surface area contributed by atoms with Crippen LogP contribution in [-0.4, -0.2) is 56.8 Å². The van der Waals surface area contributed by atoms with E-state index in [2.05, 4.69) is 26.5 Å². The molecule has 1 aliphatic heterocycles. The smallest absolute Gasteiger partial charge is 0.257 e. The number of nitrogens with one attached hydrogen (secondary N) is 1. The number of hydrogen-bond donors (Lipinski definition) is 1. The number of anilines is 2. The Morgan fingerprint density at radius 2 is 2.41 bits per heavy atom. The van der Waals surface area contributed by atoms with E-state index < -0.39 is 6.98 Å². The molecule has 0 aromatic carbocycles. The summed E-state index contributed by atoms with van der Waals surface area (Å²) < 4.78 is 41.9. The van der Waals surface area contributed by atoms with Crippen LogP contribution in [0.2, 0.25) is 0 Å². The van der Waals surface area contributed by atoms with Gasteiger partial charge in [-0.3, -0.25) is 4.68 Å². The number of aromatic nitrogens is 5. The summed E-state index contributed by atoms with van der Waals surface area (Å²) in [6.07, 6.45) is 2.57. The van der Waals surface area contributed by atoms with E-state index in [4.69, 9.17) is 18.3 Å². The molecule has 0 aliphatic carbocycles. The third-order valence-electron chi connectivity index (χ3n) is 4.78. The van der Waals surface area contributed by atoms with Crippen molar-refractivity contribution < 1.29 is 18.3 Å². The molecule has 152 valence electrons. The lowest BCUT2D eigenvalue weighted by molar-refractivity contribution is -0.140. The zero-order valence-electron chi connectivity index (χ0n) is 19.3. The van der Waals surface area contributed by atoms with Crippen molar-refractivity contribution in [1.29, 1.82) is 5.26 Å². The van der Waals surface area contributed by atoms with Gasteiger partial charge in [-0.05, 0) is 19.9 Å². The highest BCUT2D eigenvalue weighted by Gasteiger charge is 2.31. The molecule has 1 aliphatic rings. The van der Waals surface area contributed by atoms with Crippen molar-refractivity contribution in [2.24, 2.45) is 6.98 Å². The number of rotatable bonds is 7. The lowest BCUT2D eigenvalue weighted by atomic mass is 10.2. The Kier molecular flexibility index (Phi) is 4.17. The van der Waals surface area contributed by atoms with Gasteiger partial charge in [-0.1, -0.05) is 0 Å². The van der Waals surface area contributed by atoms with Crippen molar-refractivity contribution >= 4 is 22.7 Å². The van der Waals surface area contributed by atoms with Gasteiger partial charge in [0.2, 0.25) is 5.95 Å². The molecule has 1 saturated heterocycles. The Morgan fingerprint density at radius 1 is 1.55 bits per heavy atom. The number of methoxy groups -OCH3 is 1. The molecular formula is C19H23N7O3. The van der Waals surface area contributed by atoms with Gasteiger partial charge >= 0.3 is 0 Å². The fraction of sp³-hybridized carbons (Fsp3) is 0.474. The van der Waals surface area contributed by atoms with Crippen LogP contribution in [0.1, 0.15) is 29.7 Å². The number of nitrogens with zero attached hydrogens (tertiary/aromatic N) is 6. The van der Waals surface area contributed by atoms with Gasteiger partial charge in [0.15, 0.2) is 0 Å². The highest BCUT2D eigenvalue weighted by molar-refractivity contribution is 5.79. The van der Waals surface area contributed by atoms with Gasteiger partial charge in [0.05, 0.1) is 31.6 Å². The van der Waals surface area contributed by atoms with Crippen LogP contribution in [0.25, 0.3) is 11.0 Å². The topological polar surface area (TPSA) is 112 Å². The van der Waals surface area contributed by atoms with Crippen molar-refractivity contribution in [2.75, 3.05) is 25.6 Å². The number of nitriles is 1. The largest absolute Gasteiger partial charge is 0.467 e. The number of ether oxygens (including phenoxy) is 3. The standard InChI is InChI=1S/C19H23N7O3/c1-11(9-27-4)26-14(6-20)5-13-7-21-19(23-17(13)26)22-15-8-25(3)24-18(15)29-16-10-28-12(16)2/h5,7-8,11-12,16H,9-10H2,1-4H3,(H,21,22,23)/t11-,12+,16-/m0/s1/i3D3.